The molecule has 0 heteroatoms. The molecule has 0 saturated heterocycles. The van der Waals surface area contributed by atoms with Crippen LogP contribution in [0.2, 0.25) is 0 Å². The quantitative estimate of drug-likeness (QED) is 0.630. The lowest BCUT2D eigenvalue weighted by Gasteiger charge is -2.15. The molecule has 0 amide bonds. The largest absolute Gasteiger partial charge is 0.103 e. The zero-order valence-corrected chi connectivity index (χ0v) is 10.3. The molecule has 0 N–H and O–H groups in total. The number of hydrogen-bond acceptors (Lipinski definition) is 0. The molecular weight excluding hydrogens is 180 g/mol. The van der Waals surface area contributed by atoms with Crippen LogP contribution >= 0.6 is 0 Å². The Hall–Kier alpha value is -1.04. The van der Waals surface area contributed by atoms with Crippen molar-refractivity contribution in [3.05, 3.63) is 47.0 Å². The van der Waals surface area contributed by atoms with Gasteiger partial charge in [-0.2, -0.15) is 0 Å². The molecule has 0 aliphatic rings. The van der Waals surface area contributed by atoms with Gasteiger partial charge in [-0.05, 0) is 47.9 Å². The van der Waals surface area contributed by atoms with Gasteiger partial charge in [-0.1, -0.05) is 39.0 Å². The van der Waals surface area contributed by atoms with Gasteiger partial charge in [-0.25, -0.2) is 0 Å². The van der Waals surface area contributed by atoms with E-state index in [0.717, 1.165) is 25.7 Å². The fourth-order valence-electron chi connectivity index (χ4n) is 2.29. The standard InChI is InChI=1S/C15H22/c1-5-9-15-13(7-3)11-10-12(6-2)14(15)8-4/h5,10-11H,1,6-9H2,2-4H3. The molecule has 15 heavy (non-hydrogen) atoms. The van der Waals surface area contributed by atoms with Crippen LogP contribution in [-0.4, -0.2) is 0 Å². The summed E-state index contributed by atoms with van der Waals surface area (Å²) < 4.78 is 0. The molecule has 0 heterocycles. The summed E-state index contributed by atoms with van der Waals surface area (Å²) in [5, 5.41) is 0. The SMILES string of the molecule is C=CCc1c(CC)ccc(CC)c1CC. The van der Waals surface area contributed by atoms with E-state index in [-0.39, 0.29) is 0 Å². The number of aryl methyl sites for hydroxylation is 2. The maximum Gasteiger partial charge on any atom is -0.00946 e. The summed E-state index contributed by atoms with van der Waals surface area (Å²) in [4.78, 5) is 0. The van der Waals surface area contributed by atoms with Crippen molar-refractivity contribution in [3.63, 3.8) is 0 Å². The van der Waals surface area contributed by atoms with E-state index in [1.54, 1.807) is 5.56 Å². The van der Waals surface area contributed by atoms with Crippen LogP contribution in [0.4, 0.5) is 0 Å². The van der Waals surface area contributed by atoms with Crippen LogP contribution in [0.5, 0.6) is 0 Å². The lowest BCUT2D eigenvalue weighted by molar-refractivity contribution is 0.967. The zero-order chi connectivity index (χ0) is 11.3. The predicted octanol–water partition coefficient (Wildman–Crippen LogP) is 4.10. The van der Waals surface area contributed by atoms with Gasteiger partial charge < -0.3 is 0 Å². The molecule has 0 unspecified atom stereocenters. The van der Waals surface area contributed by atoms with Crippen molar-refractivity contribution < 1.29 is 0 Å². The van der Waals surface area contributed by atoms with Crippen LogP contribution in [0.1, 0.15) is 43.0 Å². The summed E-state index contributed by atoms with van der Waals surface area (Å²) in [7, 11) is 0. The molecule has 0 saturated carbocycles. The summed E-state index contributed by atoms with van der Waals surface area (Å²) in [5.74, 6) is 0. The van der Waals surface area contributed by atoms with E-state index < -0.39 is 0 Å². The molecule has 1 rings (SSSR count). The lowest BCUT2D eigenvalue weighted by Crippen LogP contribution is -2.02. The van der Waals surface area contributed by atoms with Crippen LogP contribution in [0.15, 0.2) is 24.8 Å². The van der Waals surface area contributed by atoms with Crippen molar-refractivity contribution in [3.8, 4) is 0 Å². The van der Waals surface area contributed by atoms with E-state index in [9.17, 15) is 0 Å². The number of rotatable bonds is 5. The number of allylic oxidation sites excluding steroid dienone is 1. The van der Waals surface area contributed by atoms with Gasteiger partial charge >= 0.3 is 0 Å². The Kier molecular flexibility index (Phi) is 4.61. The smallest absolute Gasteiger partial charge is 0.00946 e. The normalized spacial score (nSPS) is 10.3. The summed E-state index contributed by atoms with van der Waals surface area (Å²) in [6.45, 7) is 10.6. The van der Waals surface area contributed by atoms with E-state index in [1.807, 2.05) is 6.08 Å². The van der Waals surface area contributed by atoms with Crippen LogP contribution in [0.25, 0.3) is 0 Å². The van der Waals surface area contributed by atoms with Gasteiger partial charge in [0, 0.05) is 0 Å². The molecule has 0 nitrogen and oxygen atoms in total. The molecule has 0 radical (unpaired) electrons. The summed E-state index contributed by atoms with van der Waals surface area (Å²) in [6, 6.07) is 4.58. The molecule has 0 aromatic heterocycles. The maximum absolute atomic E-state index is 3.86. The van der Waals surface area contributed by atoms with Gasteiger partial charge in [0.2, 0.25) is 0 Å². The van der Waals surface area contributed by atoms with E-state index in [4.69, 9.17) is 0 Å². The van der Waals surface area contributed by atoms with Crippen molar-refractivity contribution in [1.82, 2.24) is 0 Å². The minimum Gasteiger partial charge on any atom is -0.103 e. The summed E-state index contributed by atoms with van der Waals surface area (Å²) in [6.07, 6.45) is 6.44. The van der Waals surface area contributed by atoms with E-state index in [0.29, 0.717) is 0 Å². The highest BCUT2D eigenvalue weighted by Crippen LogP contribution is 2.22. The molecule has 0 atom stereocenters. The van der Waals surface area contributed by atoms with Crippen LogP contribution in [0.3, 0.4) is 0 Å². The molecular formula is C15H22. The first kappa shape index (κ1) is 12.0. The third-order valence-electron chi connectivity index (χ3n) is 3.09. The first-order chi connectivity index (χ1) is 7.28. The molecule has 0 fully saturated rings. The Labute approximate surface area is 94.0 Å². The Morgan fingerprint density at radius 3 is 1.87 bits per heavy atom. The Morgan fingerprint density at radius 1 is 0.933 bits per heavy atom. The second-order valence-corrected chi connectivity index (χ2v) is 3.89. The highest BCUT2D eigenvalue weighted by molar-refractivity contribution is 5.42. The van der Waals surface area contributed by atoms with Gasteiger partial charge in [0.15, 0.2) is 0 Å². The Balaban J connectivity index is 3.29. The molecule has 0 spiro atoms. The van der Waals surface area contributed by atoms with Crippen molar-refractivity contribution in [2.45, 2.75) is 46.5 Å². The van der Waals surface area contributed by atoms with Gasteiger partial charge in [0.1, 0.15) is 0 Å². The van der Waals surface area contributed by atoms with Gasteiger partial charge in [0.05, 0.1) is 0 Å². The highest BCUT2D eigenvalue weighted by Gasteiger charge is 2.08. The fourth-order valence-corrected chi connectivity index (χ4v) is 2.29. The van der Waals surface area contributed by atoms with Crippen molar-refractivity contribution in [2.75, 3.05) is 0 Å². The molecule has 82 valence electrons. The van der Waals surface area contributed by atoms with Crippen LogP contribution in [0, 0.1) is 0 Å². The van der Waals surface area contributed by atoms with E-state index >= 15 is 0 Å². The average Bonchev–Trinajstić information content (AvgIpc) is 2.28. The van der Waals surface area contributed by atoms with Gasteiger partial charge in [-0.15, -0.1) is 6.58 Å². The van der Waals surface area contributed by atoms with Gasteiger partial charge in [-0.3, -0.25) is 0 Å². The molecule has 1 aromatic carbocycles. The topological polar surface area (TPSA) is 0 Å². The summed E-state index contributed by atoms with van der Waals surface area (Å²) in [5.41, 5.74) is 6.07. The van der Waals surface area contributed by atoms with Crippen molar-refractivity contribution >= 4 is 0 Å². The molecule has 0 aliphatic heterocycles. The first-order valence-corrected chi connectivity index (χ1v) is 6.01. The number of hydrogen-bond donors (Lipinski definition) is 0. The maximum atomic E-state index is 3.86. The molecule has 0 bridgehead atoms. The lowest BCUT2D eigenvalue weighted by atomic mass is 9.90. The minimum absolute atomic E-state index is 1.01. The Morgan fingerprint density at radius 2 is 1.47 bits per heavy atom. The van der Waals surface area contributed by atoms with E-state index in [2.05, 4.69) is 39.5 Å². The average molecular weight is 202 g/mol. The second kappa shape index (κ2) is 5.75. The first-order valence-electron chi connectivity index (χ1n) is 6.01. The third kappa shape index (κ3) is 2.50. The second-order valence-electron chi connectivity index (χ2n) is 3.89. The van der Waals surface area contributed by atoms with Crippen LogP contribution in [-0.2, 0) is 25.7 Å². The fraction of sp³-hybridized carbons (Fsp3) is 0.467. The van der Waals surface area contributed by atoms with Crippen molar-refractivity contribution in [2.24, 2.45) is 0 Å². The molecule has 0 aliphatic carbocycles. The highest BCUT2D eigenvalue weighted by atomic mass is 14.1. The minimum atomic E-state index is 1.01. The van der Waals surface area contributed by atoms with Crippen LogP contribution < -0.4 is 0 Å². The predicted molar refractivity (Wildman–Crippen MR) is 68.5 cm³/mol. The molecule has 1 aromatic rings. The number of benzene rings is 1. The Bertz CT molecular complexity index is 334. The zero-order valence-electron chi connectivity index (χ0n) is 10.3. The monoisotopic (exact) mass is 202 g/mol. The van der Waals surface area contributed by atoms with Crippen molar-refractivity contribution in [1.29, 1.82) is 0 Å². The van der Waals surface area contributed by atoms with E-state index in [1.165, 1.54) is 16.7 Å². The third-order valence-corrected chi connectivity index (χ3v) is 3.09. The van der Waals surface area contributed by atoms with Gasteiger partial charge in [0.25, 0.3) is 0 Å². The summed E-state index contributed by atoms with van der Waals surface area (Å²) >= 11 is 0.